The Kier molecular flexibility index (Phi) is 7.15. The van der Waals surface area contributed by atoms with Gasteiger partial charge in [-0.15, -0.1) is 0 Å². The maximum absolute atomic E-state index is 13.3. The quantitative estimate of drug-likeness (QED) is 0.304. The summed E-state index contributed by atoms with van der Waals surface area (Å²) in [5, 5.41) is 8.79. The first kappa shape index (κ1) is 27.3. The van der Waals surface area contributed by atoms with Crippen molar-refractivity contribution in [2.24, 2.45) is 7.05 Å². The number of anilines is 2. The molecule has 2 aliphatic heterocycles. The molecule has 0 aliphatic carbocycles. The van der Waals surface area contributed by atoms with E-state index in [-0.39, 0.29) is 11.9 Å². The molecule has 3 N–H and O–H groups in total. The van der Waals surface area contributed by atoms with Gasteiger partial charge in [0, 0.05) is 51.2 Å². The zero-order chi connectivity index (χ0) is 29.5. The van der Waals surface area contributed by atoms with E-state index in [4.69, 9.17) is 20.3 Å². The zero-order valence-electron chi connectivity index (χ0n) is 24.4. The Morgan fingerprint density at radius 3 is 2.63 bits per heavy atom. The van der Waals surface area contributed by atoms with Gasteiger partial charge in [0.05, 0.1) is 35.3 Å². The van der Waals surface area contributed by atoms with Crippen LogP contribution in [0.1, 0.15) is 42.2 Å². The van der Waals surface area contributed by atoms with Crippen LogP contribution < -0.4 is 15.8 Å². The number of nitrogens with one attached hydrogen (secondary N) is 1. The molecular weight excluding hydrogens is 546 g/mol. The fourth-order valence-electron chi connectivity index (χ4n) is 6.50. The van der Waals surface area contributed by atoms with Gasteiger partial charge in [-0.25, -0.2) is 14.6 Å². The number of methoxy groups -OCH3 is 1. The molecule has 4 aromatic heterocycles. The van der Waals surface area contributed by atoms with Crippen LogP contribution in [-0.2, 0) is 11.8 Å². The SMILES string of the molecule is COc1cc(-c2nn(C3CCN(C4CCOCC4)CC3)c3ncnc(N)c23)ccc1NC(=O)c1cc2ncccc2n1C. The summed E-state index contributed by atoms with van der Waals surface area (Å²) in [4.78, 5) is 29.1. The van der Waals surface area contributed by atoms with E-state index in [9.17, 15) is 4.79 Å². The predicted molar refractivity (Wildman–Crippen MR) is 164 cm³/mol. The zero-order valence-corrected chi connectivity index (χ0v) is 24.4. The van der Waals surface area contributed by atoms with Crippen molar-refractivity contribution in [1.29, 1.82) is 0 Å². The minimum absolute atomic E-state index is 0.206. The van der Waals surface area contributed by atoms with Crippen LogP contribution in [0.3, 0.4) is 0 Å². The number of likely N-dealkylation sites (tertiary alicyclic amines) is 1. The van der Waals surface area contributed by atoms with Crippen molar-refractivity contribution in [3.8, 4) is 17.0 Å². The number of aromatic nitrogens is 6. The van der Waals surface area contributed by atoms with E-state index < -0.39 is 0 Å². The summed E-state index contributed by atoms with van der Waals surface area (Å²) >= 11 is 0. The predicted octanol–water partition coefficient (Wildman–Crippen LogP) is 4.04. The lowest BCUT2D eigenvalue weighted by Crippen LogP contribution is -2.44. The molecular formula is C31H35N9O3. The smallest absolute Gasteiger partial charge is 0.272 e. The van der Waals surface area contributed by atoms with Gasteiger partial charge in [0.2, 0.25) is 0 Å². The lowest BCUT2D eigenvalue weighted by molar-refractivity contribution is 0.0215. The van der Waals surface area contributed by atoms with E-state index in [0.29, 0.717) is 34.7 Å². The van der Waals surface area contributed by atoms with Gasteiger partial charge in [-0.05, 0) is 56.0 Å². The topological polar surface area (TPSA) is 138 Å². The minimum Gasteiger partial charge on any atom is -0.495 e. The first-order chi connectivity index (χ1) is 21.0. The number of nitrogen functional groups attached to an aromatic ring is 1. The second-order valence-corrected chi connectivity index (χ2v) is 11.2. The minimum atomic E-state index is -0.258. The highest BCUT2D eigenvalue weighted by Crippen LogP contribution is 2.38. The van der Waals surface area contributed by atoms with Crippen molar-refractivity contribution < 1.29 is 14.3 Å². The number of aryl methyl sites for hydroxylation is 1. The number of hydrogen-bond donors (Lipinski definition) is 2. The summed E-state index contributed by atoms with van der Waals surface area (Å²) in [6.45, 7) is 3.73. The number of fused-ring (bicyclic) bond motifs is 2. The Balaban J connectivity index is 1.17. The number of pyridine rings is 1. The molecule has 12 nitrogen and oxygen atoms in total. The number of ether oxygens (including phenoxy) is 2. The Morgan fingerprint density at radius 1 is 1.05 bits per heavy atom. The molecule has 0 spiro atoms. The molecule has 12 heteroatoms. The van der Waals surface area contributed by atoms with E-state index in [1.165, 1.54) is 6.33 Å². The highest BCUT2D eigenvalue weighted by atomic mass is 16.5. The van der Waals surface area contributed by atoms with Crippen LogP contribution >= 0.6 is 0 Å². The molecule has 43 heavy (non-hydrogen) atoms. The fourth-order valence-corrected chi connectivity index (χ4v) is 6.50. The van der Waals surface area contributed by atoms with Gasteiger partial charge in [-0.1, -0.05) is 6.07 Å². The van der Waals surface area contributed by atoms with E-state index in [2.05, 4.69) is 25.2 Å². The van der Waals surface area contributed by atoms with Gasteiger partial charge in [-0.3, -0.25) is 9.78 Å². The third kappa shape index (κ3) is 4.96. The molecule has 2 aliphatic rings. The highest BCUT2D eigenvalue weighted by molar-refractivity contribution is 6.07. The number of nitrogens with two attached hydrogens (primary N) is 1. The van der Waals surface area contributed by atoms with Crippen molar-refractivity contribution in [2.45, 2.75) is 37.8 Å². The molecule has 0 atom stereocenters. The summed E-state index contributed by atoms with van der Waals surface area (Å²) < 4.78 is 15.1. The lowest BCUT2D eigenvalue weighted by Gasteiger charge is -2.39. The van der Waals surface area contributed by atoms with Crippen molar-refractivity contribution in [3.63, 3.8) is 0 Å². The van der Waals surface area contributed by atoms with Crippen LogP contribution in [0.15, 0.2) is 48.9 Å². The average molecular weight is 582 g/mol. The summed E-state index contributed by atoms with van der Waals surface area (Å²) in [5.41, 5.74) is 11.3. The number of carbonyl (C=O) groups excluding carboxylic acids is 1. The van der Waals surface area contributed by atoms with E-state index in [0.717, 1.165) is 79.6 Å². The van der Waals surface area contributed by atoms with E-state index >= 15 is 0 Å². The molecule has 5 aromatic rings. The largest absolute Gasteiger partial charge is 0.495 e. The highest BCUT2D eigenvalue weighted by Gasteiger charge is 2.30. The molecule has 2 fully saturated rings. The first-order valence-corrected chi connectivity index (χ1v) is 14.7. The van der Waals surface area contributed by atoms with Crippen LogP contribution in [0.2, 0.25) is 0 Å². The van der Waals surface area contributed by atoms with Crippen molar-refractivity contribution in [2.75, 3.05) is 44.5 Å². The summed E-state index contributed by atoms with van der Waals surface area (Å²) in [5.74, 6) is 0.628. The molecule has 222 valence electrons. The van der Waals surface area contributed by atoms with E-state index in [1.807, 2.05) is 46.6 Å². The molecule has 1 aromatic carbocycles. The van der Waals surface area contributed by atoms with E-state index in [1.54, 1.807) is 19.4 Å². The average Bonchev–Trinajstić information content (AvgIpc) is 3.61. The normalized spacial score (nSPS) is 17.1. The first-order valence-electron chi connectivity index (χ1n) is 14.7. The molecule has 6 heterocycles. The van der Waals surface area contributed by atoms with Crippen LogP contribution in [0, 0.1) is 0 Å². The summed E-state index contributed by atoms with van der Waals surface area (Å²) in [6, 6.07) is 12.0. The molecule has 0 bridgehead atoms. The number of hydrogen-bond acceptors (Lipinski definition) is 9. The van der Waals surface area contributed by atoms with Crippen LogP contribution in [0.25, 0.3) is 33.3 Å². The monoisotopic (exact) mass is 581 g/mol. The number of rotatable bonds is 6. The molecule has 0 unspecified atom stereocenters. The fraction of sp³-hybridized carbons (Fsp3) is 0.387. The number of nitrogens with zero attached hydrogens (tertiary/aromatic N) is 7. The Bertz CT molecular complexity index is 1800. The molecule has 2 saturated heterocycles. The number of amides is 1. The Morgan fingerprint density at radius 2 is 1.86 bits per heavy atom. The van der Waals surface area contributed by atoms with Crippen molar-refractivity contribution in [3.05, 3.63) is 54.6 Å². The maximum atomic E-state index is 13.3. The second kappa shape index (κ2) is 11.3. The summed E-state index contributed by atoms with van der Waals surface area (Å²) in [7, 11) is 3.43. The third-order valence-corrected chi connectivity index (χ3v) is 8.84. The number of piperidine rings is 1. The third-order valence-electron chi connectivity index (χ3n) is 8.84. The molecule has 1 amide bonds. The number of carbonyl (C=O) groups is 1. The molecule has 7 rings (SSSR count). The van der Waals surface area contributed by atoms with Crippen LogP contribution in [-0.4, -0.2) is 79.6 Å². The summed E-state index contributed by atoms with van der Waals surface area (Å²) in [6.07, 6.45) is 7.37. The van der Waals surface area contributed by atoms with Crippen LogP contribution in [0.4, 0.5) is 11.5 Å². The van der Waals surface area contributed by atoms with Gasteiger partial charge in [0.25, 0.3) is 5.91 Å². The van der Waals surface area contributed by atoms with Crippen molar-refractivity contribution >= 4 is 39.5 Å². The van der Waals surface area contributed by atoms with Gasteiger partial charge in [-0.2, -0.15) is 5.10 Å². The second-order valence-electron chi connectivity index (χ2n) is 11.2. The number of benzene rings is 1. The molecule has 0 saturated carbocycles. The Labute approximate surface area is 248 Å². The maximum Gasteiger partial charge on any atom is 0.272 e. The van der Waals surface area contributed by atoms with Gasteiger partial charge in [0.15, 0.2) is 5.65 Å². The van der Waals surface area contributed by atoms with Gasteiger partial charge >= 0.3 is 0 Å². The van der Waals surface area contributed by atoms with Crippen molar-refractivity contribution in [1.82, 2.24) is 34.2 Å². The van der Waals surface area contributed by atoms with Crippen LogP contribution in [0.5, 0.6) is 5.75 Å². The lowest BCUT2D eigenvalue weighted by atomic mass is 10.00. The van der Waals surface area contributed by atoms with Gasteiger partial charge in [0.1, 0.15) is 29.3 Å². The Hall–Kier alpha value is -4.55. The standard InChI is InChI=1S/C31H35N9O3/c1-38-24-4-3-11-33-23(24)17-25(38)31(41)36-22-6-5-19(16-26(22)42-2)28-27-29(32)34-18-35-30(27)40(37-28)21-7-12-39(13-8-21)20-9-14-43-15-10-20/h3-6,11,16-18,20-21H,7-10,12-15H2,1-2H3,(H,36,41)(H2,32,34,35). The van der Waals surface area contributed by atoms with Gasteiger partial charge < -0.3 is 30.0 Å². The molecule has 0 radical (unpaired) electrons.